The molecule has 0 aliphatic carbocycles. The first kappa shape index (κ1) is 15.7. The van der Waals surface area contributed by atoms with Gasteiger partial charge in [-0.2, -0.15) is 0 Å². The molecule has 3 N–H and O–H groups in total. The number of piperidine rings is 1. The summed E-state index contributed by atoms with van der Waals surface area (Å²) in [6.07, 6.45) is 0.407. The first-order chi connectivity index (χ1) is 10.7. The number of halogens is 1. The van der Waals surface area contributed by atoms with Gasteiger partial charge in [0.2, 0.25) is 11.8 Å². The minimum Gasteiger partial charge on any atom is -0.398 e. The number of hydrogen-bond donors (Lipinski definition) is 2. The molecule has 1 aromatic carbocycles. The monoisotopic (exact) mass is 376 g/mol. The Morgan fingerprint density at radius 2 is 2.09 bits per heavy atom. The summed E-state index contributed by atoms with van der Waals surface area (Å²) in [6, 6.07) is 3.33. The Morgan fingerprint density at radius 1 is 1.39 bits per heavy atom. The third kappa shape index (κ3) is 2.35. The highest BCUT2D eigenvalue weighted by Gasteiger charge is 2.41. The van der Waals surface area contributed by atoms with Crippen molar-refractivity contribution in [1.29, 1.82) is 0 Å². The van der Waals surface area contributed by atoms with Crippen LogP contribution in [0.25, 0.3) is 10.9 Å². The van der Waals surface area contributed by atoms with Crippen LogP contribution in [0.3, 0.4) is 0 Å². The van der Waals surface area contributed by atoms with Gasteiger partial charge < -0.3 is 5.73 Å². The van der Waals surface area contributed by atoms with Crippen LogP contribution in [-0.4, -0.2) is 29.2 Å². The van der Waals surface area contributed by atoms with E-state index in [1.807, 2.05) is 0 Å². The van der Waals surface area contributed by atoms with Crippen LogP contribution in [0.1, 0.15) is 18.7 Å². The summed E-state index contributed by atoms with van der Waals surface area (Å²) < 4.78 is 2.06. The van der Waals surface area contributed by atoms with Gasteiger partial charge in [-0.15, -0.1) is 0 Å². The van der Waals surface area contributed by atoms with Crippen LogP contribution in [0.4, 0.5) is 5.69 Å². The van der Waals surface area contributed by atoms with Gasteiger partial charge in [-0.05, 0) is 25.5 Å². The maximum atomic E-state index is 13.0. The summed E-state index contributed by atoms with van der Waals surface area (Å²) >= 11 is 3.32. The zero-order chi connectivity index (χ0) is 16.9. The molecule has 9 heteroatoms. The lowest BCUT2D eigenvalue weighted by atomic mass is 9.71. The second kappa shape index (κ2) is 5.19. The second-order valence-corrected chi connectivity index (χ2v) is 6.76. The smallest absolute Gasteiger partial charge is 0.263 e. The molecule has 2 amide bonds. The predicted molar refractivity (Wildman–Crippen MR) is 91.8 cm³/mol. The Hall–Kier alpha value is -2.16. The molecule has 1 aliphatic heterocycles. The standard InChI is InChI=1S/C14H14BBrN4O3/c1-6-18-9-5-7(16)4-8(17)11(9)12(22)20(6)14(15)3-2-10(21)19-13(14)23/h4-5H,2-3,15,17H2,1H3,(H,19,21,23). The molecule has 1 aromatic heterocycles. The highest BCUT2D eigenvalue weighted by molar-refractivity contribution is 9.10. The summed E-state index contributed by atoms with van der Waals surface area (Å²) in [5, 5.41) is 2.56. The minimum absolute atomic E-state index is 0.169. The summed E-state index contributed by atoms with van der Waals surface area (Å²) in [7, 11) is 1.63. The highest BCUT2D eigenvalue weighted by atomic mass is 79.9. The number of aryl methyl sites for hydroxylation is 1. The zero-order valence-electron chi connectivity index (χ0n) is 12.6. The Balaban J connectivity index is 2.33. The molecule has 7 nitrogen and oxygen atoms in total. The summed E-state index contributed by atoms with van der Waals surface area (Å²) in [5.74, 6) is -0.446. The Morgan fingerprint density at radius 3 is 2.74 bits per heavy atom. The normalized spacial score (nSPS) is 21.5. The Labute approximate surface area is 140 Å². The quantitative estimate of drug-likeness (QED) is 0.406. The fourth-order valence-corrected chi connectivity index (χ4v) is 3.47. The molecular formula is C14H14BBrN4O3. The van der Waals surface area contributed by atoms with E-state index in [1.165, 1.54) is 4.57 Å². The molecule has 118 valence electrons. The van der Waals surface area contributed by atoms with E-state index in [1.54, 1.807) is 26.9 Å². The molecule has 1 atom stereocenters. The number of hydrogen-bond acceptors (Lipinski definition) is 5. The lowest BCUT2D eigenvalue weighted by molar-refractivity contribution is -0.137. The van der Waals surface area contributed by atoms with Crippen molar-refractivity contribution in [3.05, 3.63) is 32.8 Å². The van der Waals surface area contributed by atoms with Crippen molar-refractivity contribution in [3.63, 3.8) is 0 Å². The average molecular weight is 377 g/mol. The van der Waals surface area contributed by atoms with E-state index in [4.69, 9.17) is 5.73 Å². The van der Waals surface area contributed by atoms with Crippen molar-refractivity contribution in [2.24, 2.45) is 0 Å². The van der Waals surface area contributed by atoms with Crippen LogP contribution in [-0.2, 0) is 15.0 Å². The molecule has 23 heavy (non-hydrogen) atoms. The molecule has 3 rings (SSSR count). The van der Waals surface area contributed by atoms with Gasteiger partial charge in [-0.1, -0.05) is 15.9 Å². The number of carbonyl (C=O) groups excluding carboxylic acids is 2. The van der Waals surface area contributed by atoms with Crippen molar-refractivity contribution >= 4 is 52.2 Å². The van der Waals surface area contributed by atoms with Gasteiger partial charge in [0.15, 0.2) is 0 Å². The van der Waals surface area contributed by atoms with Gasteiger partial charge in [0.1, 0.15) is 13.7 Å². The van der Waals surface area contributed by atoms with E-state index < -0.39 is 11.3 Å². The second-order valence-electron chi connectivity index (χ2n) is 5.84. The molecule has 2 aromatic rings. The molecule has 1 fully saturated rings. The van der Waals surface area contributed by atoms with Crippen molar-refractivity contribution in [3.8, 4) is 0 Å². The number of nitrogens with one attached hydrogen (secondary N) is 1. The van der Waals surface area contributed by atoms with Crippen LogP contribution in [0.2, 0.25) is 0 Å². The lowest BCUT2D eigenvalue weighted by Crippen LogP contribution is -2.58. The largest absolute Gasteiger partial charge is 0.398 e. The average Bonchev–Trinajstić information content (AvgIpc) is 2.42. The number of nitrogen functional groups attached to an aromatic ring is 1. The van der Waals surface area contributed by atoms with Gasteiger partial charge in [0.25, 0.3) is 5.56 Å². The first-order valence-electron chi connectivity index (χ1n) is 7.07. The lowest BCUT2D eigenvalue weighted by Gasteiger charge is -2.35. The molecule has 0 saturated carbocycles. The van der Waals surface area contributed by atoms with E-state index in [9.17, 15) is 14.4 Å². The summed E-state index contributed by atoms with van der Waals surface area (Å²) in [6.45, 7) is 1.66. The zero-order valence-corrected chi connectivity index (χ0v) is 14.2. The fourth-order valence-electron chi connectivity index (χ4n) is 3.01. The van der Waals surface area contributed by atoms with Gasteiger partial charge in [-0.3, -0.25) is 24.3 Å². The number of fused-ring (bicyclic) bond motifs is 1. The Kier molecular flexibility index (Phi) is 3.55. The molecule has 0 spiro atoms. The number of nitrogens with zero attached hydrogens (tertiary/aromatic N) is 2. The van der Waals surface area contributed by atoms with E-state index in [2.05, 4.69) is 26.2 Å². The van der Waals surface area contributed by atoms with E-state index in [-0.39, 0.29) is 35.4 Å². The van der Waals surface area contributed by atoms with Crippen molar-refractivity contribution < 1.29 is 9.59 Å². The molecule has 0 radical (unpaired) electrons. The first-order valence-corrected chi connectivity index (χ1v) is 7.86. The molecule has 1 saturated heterocycles. The number of aromatic nitrogens is 2. The number of imide groups is 1. The maximum Gasteiger partial charge on any atom is 0.263 e. The van der Waals surface area contributed by atoms with E-state index >= 15 is 0 Å². The van der Waals surface area contributed by atoms with Crippen molar-refractivity contribution in [1.82, 2.24) is 14.9 Å². The predicted octanol–water partition coefficient (Wildman–Crippen LogP) is -0.228. The van der Waals surface area contributed by atoms with Gasteiger partial charge in [0.05, 0.1) is 16.3 Å². The van der Waals surface area contributed by atoms with Gasteiger partial charge >= 0.3 is 0 Å². The van der Waals surface area contributed by atoms with Crippen LogP contribution in [0.5, 0.6) is 0 Å². The van der Waals surface area contributed by atoms with Crippen molar-refractivity contribution in [2.45, 2.75) is 25.2 Å². The van der Waals surface area contributed by atoms with E-state index in [0.29, 0.717) is 11.3 Å². The number of rotatable bonds is 1. The third-order valence-electron chi connectivity index (χ3n) is 4.21. The third-order valence-corrected chi connectivity index (χ3v) is 4.67. The summed E-state index contributed by atoms with van der Waals surface area (Å²) in [5.41, 5.74) is 5.17. The SMILES string of the molecule is BC1(n2c(C)nc3cc(Br)cc(N)c3c2=O)CCC(=O)NC1=O. The summed E-state index contributed by atoms with van der Waals surface area (Å²) in [4.78, 5) is 41.2. The number of anilines is 1. The molecular weight excluding hydrogens is 363 g/mol. The van der Waals surface area contributed by atoms with Gasteiger partial charge in [0, 0.05) is 16.6 Å². The van der Waals surface area contributed by atoms with Crippen LogP contribution >= 0.6 is 15.9 Å². The number of benzene rings is 1. The Bertz CT molecular complexity index is 926. The molecule has 0 bridgehead atoms. The van der Waals surface area contributed by atoms with Crippen LogP contribution in [0.15, 0.2) is 21.4 Å². The van der Waals surface area contributed by atoms with E-state index in [0.717, 1.165) is 4.47 Å². The van der Waals surface area contributed by atoms with Crippen LogP contribution in [0, 0.1) is 6.92 Å². The molecule has 1 unspecified atom stereocenters. The molecule has 1 aliphatic rings. The highest BCUT2D eigenvalue weighted by Crippen LogP contribution is 2.27. The maximum absolute atomic E-state index is 13.0. The fraction of sp³-hybridized carbons (Fsp3) is 0.286. The number of nitrogens with two attached hydrogens (primary N) is 1. The van der Waals surface area contributed by atoms with Crippen molar-refractivity contribution in [2.75, 3.05) is 5.73 Å². The number of carbonyl (C=O) groups is 2. The minimum atomic E-state index is -1.17. The topological polar surface area (TPSA) is 107 Å². The van der Waals surface area contributed by atoms with Crippen LogP contribution < -0.4 is 16.6 Å². The molecule has 2 heterocycles. The number of amides is 2. The van der Waals surface area contributed by atoms with Gasteiger partial charge in [-0.25, -0.2) is 4.98 Å².